The van der Waals surface area contributed by atoms with Crippen LogP contribution in [0, 0.1) is 12.3 Å². The molecule has 1 radical (unpaired) electrons. The largest absolute Gasteiger partial charge is 0.336 e. The normalized spacial score (nSPS) is 14.1. The van der Waals surface area contributed by atoms with E-state index in [1.807, 2.05) is 32.0 Å². The van der Waals surface area contributed by atoms with Crippen LogP contribution in [0.25, 0.3) is 0 Å². The Morgan fingerprint density at radius 2 is 1.29 bits per heavy atom. The number of hydrogen-bond donors (Lipinski definition) is 0. The first-order valence-corrected chi connectivity index (χ1v) is 11.0. The van der Waals surface area contributed by atoms with Crippen LogP contribution in [0.4, 0.5) is 5.69 Å². The summed E-state index contributed by atoms with van der Waals surface area (Å²) in [6.07, 6.45) is 0. The van der Waals surface area contributed by atoms with Gasteiger partial charge in [-0.3, -0.25) is 9.98 Å². The van der Waals surface area contributed by atoms with Crippen LogP contribution in [0.3, 0.4) is 0 Å². The van der Waals surface area contributed by atoms with Gasteiger partial charge in [0.05, 0.1) is 28.5 Å². The maximum Gasteiger partial charge on any atom is 0.0849 e. The van der Waals surface area contributed by atoms with Crippen LogP contribution >= 0.6 is 0 Å². The third-order valence-corrected chi connectivity index (χ3v) is 5.63. The van der Waals surface area contributed by atoms with Gasteiger partial charge in [-0.1, -0.05) is 65.8 Å². The first-order chi connectivity index (χ1) is 13.9. The second kappa shape index (κ2) is 11.2. The third kappa shape index (κ3) is 7.11. The van der Waals surface area contributed by atoms with Gasteiger partial charge in [0, 0.05) is 22.8 Å². The van der Waals surface area contributed by atoms with E-state index in [0.717, 1.165) is 28.5 Å². The molecule has 1 atom stereocenters. The van der Waals surface area contributed by atoms with Gasteiger partial charge >= 0.3 is 0 Å². The van der Waals surface area contributed by atoms with Crippen molar-refractivity contribution in [3.8, 4) is 0 Å². The topological polar surface area (TPSA) is 37.6 Å². The fourth-order valence-electron chi connectivity index (χ4n) is 3.23. The third-order valence-electron chi connectivity index (χ3n) is 5.63. The molecule has 0 unspecified atom stereocenters. The van der Waals surface area contributed by atoms with Crippen LogP contribution in [-0.4, -0.2) is 22.4 Å². The monoisotopic (exact) mass is 463 g/mol. The van der Waals surface area contributed by atoms with E-state index in [1.165, 1.54) is 11.1 Å². The van der Waals surface area contributed by atoms with Gasteiger partial charge in [0.1, 0.15) is 0 Å². The van der Waals surface area contributed by atoms with E-state index < -0.39 is 0 Å². The number of pyridine rings is 1. The Morgan fingerprint density at radius 1 is 0.839 bits per heavy atom. The van der Waals surface area contributed by atoms with Gasteiger partial charge in [0.2, 0.25) is 0 Å². The Balaban J connectivity index is 0.00000480. The van der Waals surface area contributed by atoms with Gasteiger partial charge < -0.3 is 6.92 Å². The Kier molecular flexibility index (Phi) is 9.84. The molecule has 0 spiro atoms. The maximum absolute atomic E-state index is 5.08. The summed E-state index contributed by atoms with van der Waals surface area (Å²) in [4.78, 5) is 14.8. The van der Waals surface area contributed by atoms with E-state index in [0.29, 0.717) is 11.8 Å². The zero-order valence-corrected chi connectivity index (χ0v) is 21.6. The molecule has 1 heterocycles. The van der Waals surface area contributed by atoms with Crippen molar-refractivity contribution in [1.82, 2.24) is 4.98 Å². The molecular formula is C27H38CoN3-. The summed E-state index contributed by atoms with van der Waals surface area (Å²) in [5, 5.41) is 0. The Morgan fingerprint density at radius 3 is 1.74 bits per heavy atom. The number of rotatable bonds is 7. The first kappa shape index (κ1) is 27.3. The summed E-state index contributed by atoms with van der Waals surface area (Å²) in [5.41, 5.74) is 7.15. The zero-order valence-electron chi connectivity index (χ0n) is 20.6. The molecule has 1 aromatic heterocycles. The van der Waals surface area contributed by atoms with E-state index >= 15 is 0 Å². The SMILES string of the molecule is [CH2-]C(C)(C)[C@H](C)N=C(C)c1cccc(C(C)=Nc2c(C(C)C)cccc2C(C)C)n1.[Co]. The maximum atomic E-state index is 5.08. The molecule has 0 aliphatic carbocycles. The van der Waals surface area contributed by atoms with Crippen molar-refractivity contribution in [3.05, 3.63) is 65.8 Å². The van der Waals surface area contributed by atoms with Crippen LogP contribution in [0.1, 0.15) is 96.7 Å². The molecule has 0 saturated carbocycles. The molecule has 0 aliphatic rings. The smallest absolute Gasteiger partial charge is 0.0849 e. The standard InChI is InChI=1S/C27H38N3.Co/c1-17(2)22-13-11-14-23(18(3)4)26(22)29-20(6)25-16-12-15-24(30-25)19(5)28-21(7)27(8,9)10;/h11-18,21H,8H2,1-7,9-10H3;/q-1;/t21-;/m0./s1. The molecule has 3 nitrogen and oxygen atoms in total. The van der Waals surface area contributed by atoms with Crippen molar-refractivity contribution in [2.24, 2.45) is 15.4 Å². The fraction of sp³-hybridized carbons (Fsp3) is 0.481. The molecule has 4 heteroatoms. The molecule has 2 rings (SSSR count). The summed E-state index contributed by atoms with van der Waals surface area (Å²) in [5.74, 6) is 0.827. The Hall–Kier alpha value is -1.78. The van der Waals surface area contributed by atoms with E-state index in [-0.39, 0.29) is 28.2 Å². The van der Waals surface area contributed by atoms with Crippen LogP contribution in [0.15, 0.2) is 46.4 Å². The average Bonchev–Trinajstić information content (AvgIpc) is 2.66. The van der Waals surface area contributed by atoms with Crippen molar-refractivity contribution < 1.29 is 16.8 Å². The van der Waals surface area contributed by atoms with E-state index in [2.05, 4.69) is 73.6 Å². The molecule has 31 heavy (non-hydrogen) atoms. The number of hydrogen-bond acceptors (Lipinski definition) is 3. The summed E-state index contributed by atoms with van der Waals surface area (Å²) < 4.78 is 0. The van der Waals surface area contributed by atoms with Gasteiger partial charge in [0.25, 0.3) is 0 Å². The molecule has 0 N–H and O–H groups in total. The molecule has 0 fully saturated rings. The number of nitrogens with zero attached hydrogens (tertiary/aromatic N) is 3. The van der Waals surface area contributed by atoms with Gasteiger partial charge in [-0.05, 0) is 55.9 Å². The minimum atomic E-state index is -0.121. The molecule has 0 amide bonds. The first-order valence-electron chi connectivity index (χ1n) is 11.0. The minimum Gasteiger partial charge on any atom is -0.336 e. The van der Waals surface area contributed by atoms with Crippen molar-refractivity contribution in [2.75, 3.05) is 0 Å². The summed E-state index contributed by atoms with van der Waals surface area (Å²) in [7, 11) is 0. The number of aromatic nitrogens is 1. The predicted octanol–water partition coefficient (Wildman–Crippen LogP) is 7.52. The van der Waals surface area contributed by atoms with Crippen LogP contribution in [0.5, 0.6) is 0 Å². The fourth-order valence-corrected chi connectivity index (χ4v) is 3.23. The Labute approximate surface area is 200 Å². The van der Waals surface area contributed by atoms with Crippen LogP contribution < -0.4 is 0 Å². The molecule has 0 saturated heterocycles. The molecular weight excluding hydrogens is 425 g/mol. The Bertz CT molecular complexity index is 907. The van der Waals surface area contributed by atoms with Crippen molar-refractivity contribution in [2.45, 2.75) is 80.2 Å². The second-order valence-corrected chi connectivity index (χ2v) is 9.58. The number of aliphatic imine (C=N–C) groups is 2. The van der Waals surface area contributed by atoms with E-state index in [9.17, 15) is 0 Å². The molecule has 1 aromatic carbocycles. The van der Waals surface area contributed by atoms with Crippen molar-refractivity contribution in [1.29, 1.82) is 0 Å². The van der Waals surface area contributed by atoms with Gasteiger partial charge in [0.15, 0.2) is 0 Å². The minimum absolute atomic E-state index is 0. The van der Waals surface area contributed by atoms with Gasteiger partial charge in [-0.25, -0.2) is 4.98 Å². The summed E-state index contributed by atoms with van der Waals surface area (Å²) in [6, 6.07) is 12.7. The predicted molar refractivity (Wildman–Crippen MR) is 132 cm³/mol. The molecule has 0 aliphatic heterocycles. The van der Waals surface area contributed by atoms with Crippen LogP contribution in [-0.2, 0) is 16.8 Å². The van der Waals surface area contributed by atoms with E-state index in [1.54, 1.807) is 0 Å². The summed E-state index contributed by atoms with van der Waals surface area (Å²) in [6.45, 7) is 23.5. The second-order valence-electron chi connectivity index (χ2n) is 9.58. The number of benzene rings is 1. The van der Waals surface area contributed by atoms with Gasteiger partial charge in [-0.15, -0.1) is 5.41 Å². The molecule has 0 bridgehead atoms. The number of para-hydroxylation sites is 1. The van der Waals surface area contributed by atoms with Crippen molar-refractivity contribution >= 4 is 17.1 Å². The quantitative estimate of drug-likeness (QED) is 0.309. The average molecular weight is 464 g/mol. The van der Waals surface area contributed by atoms with Crippen LogP contribution in [0.2, 0.25) is 0 Å². The van der Waals surface area contributed by atoms with Crippen molar-refractivity contribution in [3.63, 3.8) is 0 Å². The zero-order chi connectivity index (χ0) is 22.6. The van der Waals surface area contributed by atoms with Gasteiger partial charge in [-0.2, -0.15) is 0 Å². The van der Waals surface area contributed by atoms with E-state index in [4.69, 9.17) is 15.0 Å². The summed E-state index contributed by atoms with van der Waals surface area (Å²) >= 11 is 0. The molecule has 171 valence electrons. The molecule has 2 aromatic rings.